The van der Waals surface area contributed by atoms with Gasteiger partial charge < -0.3 is 19.5 Å². The van der Waals surface area contributed by atoms with Crippen LogP contribution in [0.2, 0.25) is 5.15 Å². The third kappa shape index (κ3) is 3.58. The largest absolute Gasteiger partial charge is 0.493 e. The van der Waals surface area contributed by atoms with E-state index in [1.807, 2.05) is 0 Å². The van der Waals surface area contributed by atoms with Crippen molar-refractivity contribution in [2.75, 3.05) is 12.4 Å². The highest BCUT2D eigenvalue weighted by atomic mass is 35.5. The van der Waals surface area contributed by atoms with Crippen LogP contribution in [0.15, 0.2) is 24.4 Å². The van der Waals surface area contributed by atoms with Crippen LogP contribution in [0.5, 0.6) is 5.75 Å². The molecule has 0 aliphatic carbocycles. The van der Waals surface area contributed by atoms with Crippen LogP contribution >= 0.6 is 11.6 Å². The number of fused-ring (bicyclic) bond motifs is 1. The van der Waals surface area contributed by atoms with E-state index in [9.17, 15) is 22.0 Å². The molecule has 2 aliphatic rings. The number of hydrogen-bond donors (Lipinski definition) is 1. The van der Waals surface area contributed by atoms with Crippen LogP contribution in [0.25, 0.3) is 0 Å². The van der Waals surface area contributed by atoms with Gasteiger partial charge in [-0.1, -0.05) is 24.6 Å². The zero-order valence-electron chi connectivity index (χ0n) is 17.3. The molecule has 1 fully saturated rings. The van der Waals surface area contributed by atoms with Crippen molar-refractivity contribution in [3.63, 3.8) is 0 Å². The van der Waals surface area contributed by atoms with Crippen molar-refractivity contribution >= 4 is 17.3 Å². The molecule has 1 saturated heterocycles. The van der Waals surface area contributed by atoms with Gasteiger partial charge in [0.1, 0.15) is 11.3 Å². The standard InChI is InChI=1S/C21H20ClF5N2O3/c1-9-15(11-4-5-12(23)16(24)17(11)30-3)18(32-20(9,2)21(25,26)27)19-29-13-6-14(22)28-7-10(13)8-31-19/h4-7,9,15,18-19,29H,8H2,1-3H3/t9-,15-,18+,19?,20+/m0/s1. The molecule has 3 heterocycles. The van der Waals surface area contributed by atoms with Crippen LogP contribution < -0.4 is 10.1 Å². The van der Waals surface area contributed by atoms with Gasteiger partial charge in [0.25, 0.3) is 0 Å². The zero-order valence-corrected chi connectivity index (χ0v) is 18.0. The van der Waals surface area contributed by atoms with Gasteiger partial charge in [-0.25, -0.2) is 9.37 Å². The van der Waals surface area contributed by atoms with E-state index in [0.29, 0.717) is 11.3 Å². The lowest BCUT2D eigenvalue weighted by Gasteiger charge is -2.34. The number of benzene rings is 1. The number of methoxy groups -OCH3 is 1. The highest BCUT2D eigenvalue weighted by Crippen LogP contribution is 2.56. The van der Waals surface area contributed by atoms with Crippen LogP contribution in [0.4, 0.5) is 27.6 Å². The first-order valence-corrected chi connectivity index (χ1v) is 10.1. The lowest BCUT2D eigenvalue weighted by Crippen LogP contribution is -2.48. The highest BCUT2D eigenvalue weighted by molar-refractivity contribution is 6.29. The highest BCUT2D eigenvalue weighted by Gasteiger charge is 2.66. The molecule has 0 saturated carbocycles. The first-order chi connectivity index (χ1) is 15.0. The summed E-state index contributed by atoms with van der Waals surface area (Å²) < 4.78 is 86.9. The third-order valence-corrected chi connectivity index (χ3v) is 6.52. The van der Waals surface area contributed by atoms with Crippen LogP contribution in [0.1, 0.15) is 30.9 Å². The topological polar surface area (TPSA) is 52.6 Å². The lowest BCUT2D eigenvalue weighted by atomic mass is 9.76. The molecule has 2 aromatic rings. The van der Waals surface area contributed by atoms with E-state index in [2.05, 4.69) is 10.3 Å². The number of aromatic nitrogens is 1. The number of anilines is 1. The second kappa shape index (κ2) is 8.00. The van der Waals surface area contributed by atoms with E-state index >= 15 is 0 Å². The molecule has 2 aliphatic heterocycles. The van der Waals surface area contributed by atoms with Gasteiger partial charge in [0.15, 0.2) is 23.4 Å². The van der Waals surface area contributed by atoms with Gasteiger partial charge in [0.05, 0.1) is 13.7 Å². The van der Waals surface area contributed by atoms with Gasteiger partial charge in [0.2, 0.25) is 5.82 Å². The number of alkyl halides is 3. The molecule has 4 rings (SSSR count). The minimum Gasteiger partial charge on any atom is -0.493 e. The van der Waals surface area contributed by atoms with Crippen LogP contribution in [0, 0.1) is 17.6 Å². The molecule has 1 N–H and O–H groups in total. The lowest BCUT2D eigenvalue weighted by molar-refractivity contribution is -0.280. The van der Waals surface area contributed by atoms with E-state index < -0.39 is 53.3 Å². The van der Waals surface area contributed by atoms with Crippen molar-refractivity contribution in [2.24, 2.45) is 5.92 Å². The van der Waals surface area contributed by atoms with E-state index in [-0.39, 0.29) is 17.3 Å². The predicted octanol–water partition coefficient (Wildman–Crippen LogP) is 5.43. The van der Waals surface area contributed by atoms with E-state index in [4.69, 9.17) is 25.8 Å². The summed E-state index contributed by atoms with van der Waals surface area (Å²) in [6.07, 6.45) is -5.48. The summed E-state index contributed by atoms with van der Waals surface area (Å²) in [5.41, 5.74) is -1.31. The number of ether oxygens (including phenoxy) is 3. The van der Waals surface area contributed by atoms with Crippen molar-refractivity contribution in [1.29, 1.82) is 0 Å². The van der Waals surface area contributed by atoms with E-state index in [1.165, 1.54) is 25.3 Å². The van der Waals surface area contributed by atoms with Gasteiger partial charge in [-0.2, -0.15) is 17.6 Å². The summed E-state index contributed by atoms with van der Waals surface area (Å²) in [5.74, 6) is -5.14. The number of rotatable bonds is 3. The summed E-state index contributed by atoms with van der Waals surface area (Å²) in [7, 11) is 1.13. The number of halogens is 6. The van der Waals surface area contributed by atoms with Crippen molar-refractivity contribution in [3.05, 3.63) is 52.3 Å². The molecule has 0 radical (unpaired) electrons. The quantitative estimate of drug-likeness (QED) is 0.471. The molecule has 174 valence electrons. The monoisotopic (exact) mass is 478 g/mol. The second-order valence-corrected chi connectivity index (χ2v) is 8.41. The third-order valence-electron chi connectivity index (χ3n) is 6.32. The molecule has 11 heteroatoms. The summed E-state index contributed by atoms with van der Waals surface area (Å²) in [4.78, 5) is 3.96. The summed E-state index contributed by atoms with van der Waals surface area (Å²) in [6.45, 7) is 2.35. The Labute approximate surface area is 185 Å². The normalized spacial score (nSPS) is 30.0. The maximum Gasteiger partial charge on any atom is 0.417 e. The molecule has 0 bridgehead atoms. The Bertz CT molecular complexity index is 1040. The Morgan fingerprint density at radius 1 is 1.28 bits per heavy atom. The molecule has 1 aromatic carbocycles. The van der Waals surface area contributed by atoms with Crippen LogP contribution in [-0.2, 0) is 16.1 Å². The number of pyridine rings is 1. The summed E-state index contributed by atoms with van der Waals surface area (Å²) in [6, 6.07) is 3.60. The average Bonchev–Trinajstić information content (AvgIpc) is 3.01. The molecule has 5 atom stereocenters. The van der Waals surface area contributed by atoms with Crippen molar-refractivity contribution in [3.8, 4) is 5.75 Å². The Morgan fingerprint density at radius 2 is 2.00 bits per heavy atom. The Hall–Kier alpha value is -2.17. The minimum absolute atomic E-state index is 0.0514. The first-order valence-electron chi connectivity index (χ1n) is 9.77. The SMILES string of the molecule is COc1c([C@H]2[C@H](C3Nc4cc(Cl)ncc4CO3)O[C@@](C)(C(F)(F)F)[C@H]2C)ccc(F)c1F. The van der Waals surface area contributed by atoms with Crippen LogP contribution in [-0.4, -0.2) is 36.2 Å². The minimum atomic E-state index is -4.73. The Balaban J connectivity index is 1.80. The fourth-order valence-electron chi connectivity index (χ4n) is 4.39. The number of nitrogens with zero attached hydrogens (tertiary/aromatic N) is 1. The average molecular weight is 479 g/mol. The summed E-state index contributed by atoms with van der Waals surface area (Å²) in [5, 5.41) is 3.20. The number of hydrogen-bond acceptors (Lipinski definition) is 5. The van der Waals surface area contributed by atoms with Gasteiger partial charge in [-0.3, -0.25) is 0 Å². The molecule has 0 spiro atoms. The number of nitrogens with one attached hydrogen (secondary N) is 1. The molecule has 1 unspecified atom stereocenters. The molecular weight excluding hydrogens is 459 g/mol. The fraction of sp³-hybridized carbons (Fsp3) is 0.476. The van der Waals surface area contributed by atoms with Gasteiger partial charge >= 0.3 is 6.18 Å². The smallest absolute Gasteiger partial charge is 0.417 e. The molecule has 32 heavy (non-hydrogen) atoms. The molecule has 0 amide bonds. The maximum atomic E-state index is 14.4. The van der Waals surface area contributed by atoms with E-state index in [1.54, 1.807) is 0 Å². The predicted molar refractivity (Wildman–Crippen MR) is 106 cm³/mol. The zero-order chi connectivity index (χ0) is 23.4. The van der Waals surface area contributed by atoms with E-state index in [0.717, 1.165) is 20.1 Å². The van der Waals surface area contributed by atoms with Crippen molar-refractivity contribution in [1.82, 2.24) is 4.98 Å². The Kier molecular flexibility index (Phi) is 5.75. The van der Waals surface area contributed by atoms with Gasteiger partial charge in [0, 0.05) is 34.8 Å². The van der Waals surface area contributed by atoms with Gasteiger partial charge in [-0.15, -0.1) is 0 Å². The first kappa shape index (κ1) is 23.0. The van der Waals surface area contributed by atoms with Crippen molar-refractivity contribution in [2.45, 2.75) is 50.5 Å². The van der Waals surface area contributed by atoms with Gasteiger partial charge in [-0.05, 0) is 19.1 Å². The van der Waals surface area contributed by atoms with Crippen LogP contribution in [0.3, 0.4) is 0 Å². The maximum absolute atomic E-state index is 14.4. The fourth-order valence-corrected chi connectivity index (χ4v) is 4.55. The molecular formula is C21H20ClF5N2O3. The second-order valence-electron chi connectivity index (χ2n) is 8.03. The summed E-state index contributed by atoms with van der Waals surface area (Å²) >= 11 is 5.94. The van der Waals surface area contributed by atoms with Crippen molar-refractivity contribution < 1.29 is 36.2 Å². The Morgan fingerprint density at radius 3 is 2.66 bits per heavy atom. The molecule has 1 aromatic heterocycles. The molecule has 5 nitrogen and oxygen atoms in total.